The fraction of sp³-hybridized carbons (Fsp3) is 0.833. The number of nitrogens with zero attached hydrogens (tertiary/aromatic N) is 3. The van der Waals surface area contributed by atoms with Crippen LogP contribution in [0.15, 0.2) is 4.52 Å². The SMILES string of the molecule is CCCCc1noc(CN(C)C2CCS(=O)(=O)C2)n1. The van der Waals surface area contributed by atoms with Crippen molar-refractivity contribution in [2.24, 2.45) is 0 Å². The quantitative estimate of drug-likeness (QED) is 0.778. The van der Waals surface area contributed by atoms with Crippen LogP contribution in [0.25, 0.3) is 0 Å². The third-order valence-electron chi connectivity index (χ3n) is 3.48. The zero-order valence-electron chi connectivity index (χ0n) is 11.5. The Morgan fingerprint density at radius 2 is 2.26 bits per heavy atom. The molecule has 0 saturated carbocycles. The molecule has 108 valence electrons. The van der Waals surface area contributed by atoms with Crippen LogP contribution in [0.5, 0.6) is 0 Å². The summed E-state index contributed by atoms with van der Waals surface area (Å²) in [6.07, 6.45) is 3.68. The molecule has 0 aliphatic carbocycles. The minimum atomic E-state index is -2.85. The highest BCUT2D eigenvalue weighted by Gasteiger charge is 2.31. The van der Waals surface area contributed by atoms with Gasteiger partial charge in [-0.05, 0) is 19.9 Å². The van der Waals surface area contributed by atoms with E-state index in [2.05, 4.69) is 17.1 Å². The predicted octanol–water partition coefficient (Wildman–Crippen LogP) is 1.03. The van der Waals surface area contributed by atoms with E-state index in [1.165, 1.54) is 0 Å². The van der Waals surface area contributed by atoms with E-state index in [0.29, 0.717) is 18.9 Å². The van der Waals surface area contributed by atoms with Crippen LogP contribution in [0.3, 0.4) is 0 Å². The van der Waals surface area contributed by atoms with Gasteiger partial charge in [-0.15, -0.1) is 0 Å². The number of aryl methyl sites for hydroxylation is 1. The lowest BCUT2D eigenvalue weighted by Crippen LogP contribution is -2.32. The van der Waals surface area contributed by atoms with Gasteiger partial charge in [-0.1, -0.05) is 18.5 Å². The van der Waals surface area contributed by atoms with E-state index in [9.17, 15) is 8.42 Å². The van der Waals surface area contributed by atoms with Gasteiger partial charge in [0.2, 0.25) is 5.89 Å². The van der Waals surface area contributed by atoms with Gasteiger partial charge in [-0.2, -0.15) is 4.98 Å². The van der Waals surface area contributed by atoms with Gasteiger partial charge in [-0.3, -0.25) is 4.90 Å². The van der Waals surface area contributed by atoms with Gasteiger partial charge in [0.25, 0.3) is 0 Å². The summed E-state index contributed by atoms with van der Waals surface area (Å²) in [7, 11) is -0.944. The Morgan fingerprint density at radius 1 is 1.47 bits per heavy atom. The molecule has 2 rings (SSSR count). The maximum atomic E-state index is 11.4. The number of hydrogen-bond acceptors (Lipinski definition) is 6. The summed E-state index contributed by atoms with van der Waals surface area (Å²) in [5.74, 6) is 1.83. The van der Waals surface area contributed by atoms with Crippen molar-refractivity contribution in [3.63, 3.8) is 0 Å². The van der Waals surface area contributed by atoms with Gasteiger partial charge < -0.3 is 4.52 Å². The molecule has 1 saturated heterocycles. The van der Waals surface area contributed by atoms with Crippen LogP contribution < -0.4 is 0 Å². The average Bonchev–Trinajstić information content (AvgIpc) is 2.93. The summed E-state index contributed by atoms with van der Waals surface area (Å²) in [4.78, 5) is 6.31. The predicted molar refractivity (Wildman–Crippen MR) is 71.4 cm³/mol. The van der Waals surface area contributed by atoms with Crippen molar-refractivity contribution in [2.75, 3.05) is 18.6 Å². The number of unbranched alkanes of at least 4 members (excludes halogenated alkanes) is 1. The molecule has 0 bridgehead atoms. The molecule has 1 unspecified atom stereocenters. The molecular weight excluding hydrogens is 266 g/mol. The number of rotatable bonds is 6. The van der Waals surface area contributed by atoms with Crippen molar-refractivity contribution in [2.45, 2.75) is 45.2 Å². The summed E-state index contributed by atoms with van der Waals surface area (Å²) in [5, 5.41) is 3.93. The van der Waals surface area contributed by atoms with Crippen LogP contribution in [0.4, 0.5) is 0 Å². The van der Waals surface area contributed by atoms with Crippen molar-refractivity contribution in [3.8, 4) is 0 Å². The minimum absolute atomic E-state index is 0.0657. The van der Waals surface area contributed by atoms with Crippen LogP contribution in [0, 0.1) is 0 Å². The van der Waals surface area contributed by atoms with Crippen molar-refractivity contribution < 1.29 is 12.9 Å². The summed E-state index contributed by atoms with van der Waals surface area (Å²) in [6, 6.07) is 0.0657. The van der Waals surface area contributed by atoms with Crippen molar-refractivity contribution >= 4 is 9.84 Å². The first-order valence-corrected chi connectivity index (χ1v) is 8.54. The lowest BCUT2D eigenvalue weighted by atomic mass is 10.2. The Morgan fingerprint density at radius 3 is 2.89 bits per heavy atom. The van der Waals surface area contributed by atoms with Crippen LogP contribution in [-0.4, -0.2) is 48.1 Å². The summed E-state index contributed by atoms with van der Waals surface area (Å²) >= 11 is 0. The fourth-order valence-electron chi connectivity index (χ4n) is 2.26. The zero-order chi connectivity index (χ0) is 13.9. The van der Waals surface area contributed by atoms with Crippen LogP contribution in [0.2, 0.25) is 0 Å². The molecule has 1 aliphatic heterocycles. The number of sulfone groups is 1. The summed E-state index contributed by atoms with van der Waals surface area (Å²) in [6.45, 7) is 2.63. The van der Waals surface area contributed by atoms with E-state index in [1.807, 2.05) is 11.9 Å². The van der Waals surface area contributed by atoms with E-state index in [1.54, 1.807) is 0 Å². The Labute approximate surface area is 114 Å². The van der Waals surface area contributed by atoms with Gasteiger partial charge >= 0.3 is 0 Å². The van der Waals surface area contributed by atoms with Crippen molar-refractivity contribution in [1.82, 2.24) is 15.0 Å². The standard InChI is InChI=1S/C12H21N3O3S/c1-3-4-5-11-13-12(18-14-11)8-15(2)10-6-7-19(16,17)9-10/h10H,3-9H2,1-2H3. The molecular formula is C12H21N3O3S. The Bertz CT molecular complexity index is 512. The second-order valence-electron chi connectivity index (χ2n) is 5.18. The molecule has 0 radical (unpaired) electrons. The second-order valence-corrected chi connectivity index (χ2v) is 7.41. The van der Waals surface area contributed by atoms with Crippen LogP contribution >= 0.6 is 0 Å². The zero-order valence-corrected chi connectivity index (χ0v) is 12.3. The molecule has 0 amide bonds. The van der Waals surface area contributed by atoms with Gasteiger partial charge in [0.1, 0.15) is 0 Å². The first-order valence-electron chi connectivity index (χ1n) is 6.72. The highest BCUT2D eigenvalue weighted by Crippen LogP contribution is 2.18. The van der Waals surface area contributed by atoms with E-state index >= 15 is 0 Å². The van der Waals surface area contributed by atoms with E-state index in [4.69, 9.17) is 4.52 Å². The van der Waals surface area contributed by atoms with Gasteiger partial charge in [0, 0.05) is 12.5 Å². The van der Waals surface area contributed by atoms with Crippen molar-refractivity contribution in [3.05, 3.63) is 11.7 Å². The fourth-order valence-corrected chi connectivity index (χ4v) is 4.06. The highest BCUT2D eigenvalue weighted by atomic mass is 32.2. The topological polar surface area (TPSA) is 76.3 Å². The molecule has 19 heavy (non-hydrogen) atoms. The Balaban J connectivity index is 1.88. The number of aromatic nitrogens is 2. The molecule has 1 fully saturated rings. The van der Waals surface area contributed by atoms with Gasteiger partial charge in [0.15, 0.2) is 15.7 Å². The summed E-state index contributed by atoms with van der Waals surface area (Å²) in [5.41, 5.74) is 0. The van der Waals surface area contributed by atoms with Crippen LogP contribution in [0.1, 0.15) is 37.9 Å². The summed E-state index contributed by atoms with van der Waals surface area (Å²) < 4.78 is 28.1. The van der Waals surface area contributed by atoms with Crippen LogP contribution in [-0.2, 0) is 22.8 Å². The molecule has 6 nitrogen and oxygen atoms in total. The Hall–Kier alpha value is -0.950. The molecule has 1 aromatic heterocycles. The largest absolute Gasteiger partial charge is 0.338 e. The van der Waals surface area contributed by atoms with Gasteiger partial charge in [-0.25, -0.2) is 8.42 Å². The molecule has 2 heterocycles. The first-order chi connectivity index (χ1) is 9.00. The highest BCUT2D eigenvalue weighted by molar-refractivity contribution is 7.91. The third kappa shape index (κ3) is 4.01. The molecule has 1 atom stereocenters. The molecule has 0 N–H and O–H groups in total. The normalized spacial score (nSPS) is 22.2. The smallest absolute Gasteiger partial charge is 0.240 e. The van der Waals surface area contributed by atoms with E-state index in [0.717, 1.165) is 25.1 Å². The molecule has 7 heteroatoms. The lowest BCUT2D eigenvalue weighted by molar-refractivity contribution is 0.217. The number of hydrogen-bond donors (Lipinski definition) is 0. The lowest BCUT2D eigenvalue weighted by Gasteiger charge is -2.20. The Kier molecular flexibility index (Phi) is 4.57. The maximum absolute atomic E-state index is 11.4. The second kappa shape index (κ2) is 6.00. The average molecular weight is 287 g/mol. The molecule has 0 aromatic carbocycles. The minimum Gasteiger partial charge on any atom is -0.338 e. The molecule has 1 aliphatic rings. The third-order valence-corrected chi connectivity index (χ3v) is 5.23. The maximum Gasteiger partial charge on any atom is 0.240 e. The first kappa shape index (κ1) is 14.5. The van der Waals surface area contributed by atoms with Crippen molar-refractivity contribution in [1.29, 1.82) is 0 Å². The van der Waals surface area contributed by atoms with E-state index in [-0.39, 0.29) is 17.5 Å². The van der Waals surface area contributed by atoms with Gasteiger partial charge in [0.05, 0.1) is 18.1 Å². The van der Waals surface area contributed by atoms with E-state index < -0.39 is 9.84 Å². The molecule has 0 spiro atoms. The monoisotopic (exact) mass is 287 g/mol. The molecule has 1 aromatic rings.